The van der Waals surface area contributed by atoms with Gasteiger partial charge in [-0.25, -0.2) is 0 Å². The van der Waals surface area contributed by atoms with E-state index in [4.69, 9.17) is 5.73 Å². The molecular formula is C16H19N3O. The number of carbonyl (C=O) groups is 1. The van der Waals surface area contributed by atoms with Crippen molar-refractivity contribution in [3.63, 3.8) is 0 Å². The number of likely N-dealkylation sites (N-methyl/N-ethyl adjacent to an activating group) is 1. The van der Waals surface area contributed by atoms with Gasteiger partial charge in [0.2, 0.25) is 5.91 Å². The second-order valence-electron chi connectivity index (χ2n) is 4.70. The number of benzene rings is 2. The number of nitrogens with one attached hydrogen (secondary N) is 1. The average molecular weight is 269 g/mol. The van der Waals surface area contributed by atoms with Crippen LogP contribution in [0.4, 0.5) is 17.1 Å². The van der Waals surface area contributed by atoms with E-state index in [-0.39, 0.29) is 11.9 Å². The molecule has 1 amide bonds. The molecule has 2 aromatic rings. The predicted molar refractivity (Wildman–Crippen MR) is 83.8 cm³/mol. The van der Waals surface area contributed by atoms with Gasteiger partial charge in [-0.15, -0.1) is 0 Å². The number of carbonyl (C=O) groups excluding carboxylic acids is 1. The molecule has 4 heteroatoms. The summed E-state index contributed by atoms with van der Waals surface area (Å²) in [6.07, 6.45) is 0. The van der Waals surface area contributed by atoms with Gasteiger partial charge in [0, 0.05) is 12.7 Å². The molecule has 104 valence electrons. The molecule has 0 aromatic heterocycles. The van der Waals surface area contributed by atoms with Crippen LogP contribution in [0, 0.1) is 0 Å². The zero-order chi connectivity index (χ0) is 14.5. The van der Waals surface area contributed by atoms with Crippen LogP contribution in [0.1, 0.15) is 6.92 Å². The van der Waals surface area contributed by atoms with Gasteiger partial charge in [-0.1, -0.05) is 30.3 Å². The minimum Gasteiger partial charge on any atom is -0.397 e. The van der Waals surface area contributed by atoms with Crippen LogP contribution in [0.15, 0.2) is 54.6 Å². The highest BCUT2D eigenvalue weighted by molar-refractivity contribution is 5.97. The van der Waals surface area contributed by atoms with E-state index in [9.17, 15) is 4.79 Å². The fraction of sp³-hybridized carbons (Fsp3) is 0.188. The summed E-state index contributed by atoms with van der Waals surface area (Å²) in [7, 11) is 1.86. The first kappa shape index (κ1) is 13.9. The second-order valence-corrected chi connectivity index (χ2v) is 4.70. The number of hydrogen-bond acceptors (Lipinski definition) is 3. The number of nitrogens with two attached hydrogens (primary N) is 1. The maximum absolute atomic E-state index is 12.2. The van der Waals surface area contributed by atoms with Crippen LogP contribution >= 0.6 is 0 Å². The number of nitrogen functional groups attached to an aromatic ring is 1. The summed E-state index contributed by atoms with van der Waals surface area (Å²) in [6.45, 7) is 1.85. The van der Waals surface area contributed by atoms with Crippen LogP contribution in [0.5, 0.6) is 0 Å². The first-order valence-electron chi connectivity index (χ1n) is 6.53. The van der Waals surface area contributed by atoms with Crippen LogP contribution in [0.2, 0.25) is 0 Å². The summed E-state index contributed by atoms with van der Waals surface area (Å²) in [4.78, 5) is 14.1. The molecule has 1 atom stereocenters. The number of hydrogen-bond donors (Lipinski definition) is 2. The van der Waals surface area contributed by atoms with Crippen LogP contribution in [-0.2, 0) is 4.79 Å². The Balaban J connectivity index is 2.09. The van der Waals surface area contributed by atoms with Crippen molar-refractivity contribution in [3.05, 3.63) is 54.6 Å². The first-order valence-corrected chi connectivity index (χ1v) is 6.53. The number of rotatable bonds is 4. The standard InChI is InChI=1S/C16H19N3O/c1-12(16(20)18-13-8-4-3-5-9-13)19(2)15-11-7-6-10-14(15)17/h3-12H,17H2,1-2H3,(H,18,20). The van der Waals surface area contributed by atoms with Crippen molar-refractivity contribution in [1.82, 2.24) is 0 Å². The fourth-order valence-corrected chi connectivity index (χ4v) is 1.96. The van der Waals surface area contributed by atoms with E-state index in [1.54, 1.807) is 0 Å². The lowest BCUT2D eigenvalue weighted by atomic mass is 10.2. The largest absolute Gasteiger partial charge is 0.397 e. The third-order valence-corrected chi connectivity index (χ3v) is 3.32. The van der Waals surface area contributed by atoms with Crippen molar-refractivity contribution in [2.45, 2.75) is 13.0 Å². The van der Waals surface area contributed by atoms with Gasteiger partial charge in [0.15, 0.2) is 0 Å². The molecule has 3 N–H and O–H groups in total. The molecule has 2 rings (SSSR count). The molecule has 0 radical (unpaired) electrons. The van der Waals surface area contributed by atoms with Gasteiger partial charge >= 0.3 is 0 Å². The number of para-hydroxylation sites is 3. The van der Waals surface area contributed by atoms with Crippen molar-refractivity contribution < 1.29 is 4.79 Å². The van der Waals surface area contributed by atoms with E-state index >= 15 is 0 Å². The summed E-state index contributed by atoms with van der Waals surface area (Å²) >= 11 is 0. The van der Waals surface area contributed by atoms with Crippen LogP contribution in [0.25, 0.3) is 0 Å². The Labute approximate surface area is 119 Å². The molecule has 20 heavy (non-hydrogen) atoms. The monoisotopic (exact) mass is 269 g/mol. The van der Waals surface area contributed by atoms with Crippen molar-refractivity contribution in [3.8, 4) is 0 Å². The molecule has 0 spiro atoms. The summed E-state index contributed by atoms with van der Waals surface area (Å²) < 4.78 is 0. The topological polar surface area (TPSA) is 58.4 Å². The quantitative estimate of drug-likeness (QED) is 0.839. The van der Waals surface area contributed by atoms with Crippen molar-refractivity contribution >= 4 is 23.0 Å². The van der Waals surface area contributed by atoms with Crippen molar-refractivity contribution in [1.29, 1.82) is 0 Å². The van der Waals surface area contributed by atoms with E-state index in [1.165, 1.54) is 0 Å². The minimum atomic E-state index is -0.320. The molecule has 0 aliphatic rings. The highest BCUT2D eigenvalue weighted by Gasteiger charge is 2.19. The zero-order valence-corrected chi connectivity index (χ0v) is 11.7. The highest BCUT2D eigenvalue weighted by Crippen LogP contribution is 2.23. The Morgan fingerprint density at radius 2 is 1.70 bits per heavy atom. The SMILES string of the molecule is CC(C(=O)Nc1ccccc1)N(C)c1ccccc1N. The molecule has 2 aromatic carbocycles. The van der Waals surface area contributed by atoms with Crippen LogP contribution < -0.4 is 16.0 Å². The lowest BCUT2D eigenvalue weighted by Gasteiger charge is -2.27. The first-order chi connectivity index (χ1) is 9.59. The maximum Gasteiger partial charge on any atom is 0.246 e. The van der Waals surface area contributed by atoms with E-state index in [0.29, 0.717) is 5.69 Å². The third-order valence-electron chi connectivity index (χ3n) is 3.32. The van der Waals surface area contributed by atoms with Gasteiger partial charge in [-0.3, -0.25) is 4.79 Å². The summed E-state index contributed by atoms with van der Waals surface area (Å²) in [6, 6.07) is 16.6. The Bertz CT molecular complexity index is 583. The molecule has 0 saturated heterocycles. The van der Waals surface area contributed by atoms with Crippen molar-refractivity contribution in [2.75, 3.05) is 23.0 Å². The van der Waals surface area contributed by atoms with Gasteiger partial charge in [-0.05, 0) is 31.2 Å². The lowest BCUT2D eigenvalue weighted by Crippen LogP contribution is -2.40. The molecular weight excluding hydrogens is 250 g/mol. The lowest BCUT2D eigenvalue weighted by molar-refractivity contribution is -0.117. The van der Waals surface area contributed by atoms with Gasteiger partial charge in [0.25, 0.3) is 0 Å². The molecule has 0 bridgehead atoms. The Kier molecular flexibility index (Phi) is 4.25. The van der Waals surface area contributed by atoms with Crippen LogP contribution in [-0.4, -0.2) is 19.0 Å². The highest BCUT2D eigenvalue weighted by atomic mass is 16.2. The molecule has 0 saturated carbocycles. The number of amides is 1. The van der Waals surface area contributed by atoms with Gasteiger partial charge < -0.3 is 16.0 Å². The summed E-state index contributed by atoms with van der Waals surface area (Å²) in [5.41, 5.74) is 8.24. The molecule has 0 fully saturated rings. The average Bonchev–Trinajstić information content (AvgIpc) is 2.47. The smallest absolute Gasteiger partial charge is 0.246 e. The zero-order valence-electron chi connectivity index (χ0n) is 11.7. The Morgan fingerprint density at radius 3 is 2.35 bits per heavy atom. The van der Waals surface area contributed by atoms with E-state index in [1.807, 2.05) is 73.5 Å². The Morgan fingerprint density at radius 1 is 1.10 bits per heavy atom. The third kappa shape index (κ3) is 3.09. The van der Waals surface area contributed by atoms with Crippen LogP contribution in [0.3, 0.4) is 0 Å². The number of anilines is 3. The maximum atomic E-state index is 12.2. The molecule has 1 unspecified atom stereocenters. The molecule has 0 heterocycles. The Hall–Kier alpha value is -2.49. The molecule has 0 aliphatic heterocycles. The molecule has 0 aliphatic carbocycles. The second kappa shape index (κ2) is 6.10. The van der Waals surface area contributed by atoms with Gasteiger partial charge in [0.1, 0.15) is 6.04 Å². The molecule has 4 nitrogen and oxygen atoms in total. The van der Waals surface area contributed by atoms with E-state index in [0.717, 1.165) is 11.4 Å². The van der Waals surface area contributed by atoms with Gasteiger partial charge in [-0.2, -0.15) is 0 Å². The van der Waals surface area contributed by atoms with Gasteiger partial charge in [0.05, 0.1) is 11.4 Å². The minimum absolute atomic E-state index is 0.0676. The van der Waals surface area contributed by atoms with E-state index in [2.05, 4.69) is 5.32 Å². The summed E-state index contributed by atoms with van der Waals surface area (Å²) in [5, 5.41) is 2.89. The van der Waals surface area contributed by atoms with Crippen molar-refractivity contribution in [2.24, 2.45) is 0 Å². The van der Waals surface area contributed by atoms with E-state index < -0.39 is 0 Å². The number of nitrogens with zero attached hydrogens (tertiary/aromatic N) is 1. The predicted octanol–water partition coefficient (Wildman–Crippen LogP) is 2.73. The fourth-order valence-electron chi connectivity index (χ4n) is 1.96. The summed E-state index contributed by atoms with van der Waals surface area (Å²) in [5.74, 6) is -0.0676. The normalized spacial score (nSPS) is 11.7.